The minimum Gasteiger partial charge on any atom is -0.507 e. The lowest BCUT2D eigenvalue weighted by Crippen LogP contribution is -2.29. The van der Waals surface area contributed by atoms with Gasteiger partial charge in [-0.2, -0.15) is 0 Å². The molecule has 1 saturated heterocycles. The van der Waals surface area contributed by atoms with Crippen LogP contribution in [-0.4, -0.2) is 26.6 Å². The molecule has 1 unspecified atom stereocenters. The molecule has 1 aliphatic heterocycles. The number of nitrogens with zero attached hydrogens (tertiary/aromatic N) is 2. The van der Waals surface area contributed by atoms with Crippen LogP contribution < -0.4 is 0 Å². The van der Waals surface area contributed by atoms with E-state index >= 15 is 0 Å². The third-order valence-electron chi connectivity index (χ3n) is 4.96. The van der Waals surface area contributed by atoms with Gasteiger partial charge in [0.05, 0.1) is 29.3 Å². The summed E-state index contributed by atoms with van der Waals surface area (Å²) in [4.78, 5) is 37.5. The number of aliphatic hydroxyl groups excluding tert-OH is 1. The van der Waals surface area contributed by atoms with Gasteiger partial charge < -0.3 is 14.4 Å². The van der Waals surface area contributed by atoms with Gasteiger partial charge in [0.1, 0.15) is 17.3 Å². The average Bonchev–Trinajstić information content (AvgIpc) is 3.36. The van der Waals surface area contributed by atoms with Crippen molar-refractivity contribution in [3.63, 3.8) is 0 Å². The summed E-state index contributed by atoms with van der Waals surface area (Å²) in [6, 6.07) is 12.4. The standard InChI is InChI=1S/C22H15FN2O6/c23-15-8-6-13(7-9-15)20(26)18-19(14-3-1-4-16(11-14)25(29)30)24(22(28)21(18)27)12-17-5-2-10-31-17/h1-11,19,26H,12H2/b20-18+. The fraction of sp³-hybridized carbons (Fsp3) is 0.0909. The van der Waals surface area contributed by atoms with Crippen LogP contribution >= 0.6 is 0 Å². The van der Waals surface area contributed by atoms with Crippen molar-refractivity contribution >= 4 is 23.1 Å². The molecule has 0 radical (unpaired) electrons. The molecule has 1 fully saturated rings. The topological polar surface area (TPSA) is 114 Å². The van der Waals surface area contributed by atoms with Crippen LogP contribution in [0.15, 0.2) is 76.9 Å². The highest BCUT2D eigenvalue weighted by molar-refractivity contribution is 6.46. The van der Waals surface area contributed by atoms with Gasteiger partial charge in [-0.05, 0) is 42.0 Å². The molecule has 3 aromatic rings. The maximum absolute atomic E-state index is 13.3. The number of halogens is 1. The zero-order chi connectivity index (χ0) is 22.1. The van der Waals surface area contributed by atoms with Crippen LogP contribution in [0.4, 0.5) is 10.1 Å². The minimum absolute atomic E-state index is 0.0921. The van der Waals surface area contributed by atoms with Crippen LogP contribution in [0.3, 0.4) is 0 Å². The van der Waals surface area contributed by atoms with Crippen LogP contribution in [-0.2, 0) is 16.1 Å². The third kappa shape index (κ3) is 3.68. The summed E-state index contributed by atoms with van der Waals surface area (Å²) in [6.07, 6.45) is 1.41. The lowest BCUT2D eigenvalue weighted by atomic mass is 9.95. The van der Waals surface area contributed by atoms with Crippen LogP contribution in [0.25, 0.3) is 5.76 Å². The molecule has 1 atom stereocenters. The Hall–Kier alpha value is -4.27. The second-order valence-electron chi connectivity index (χ2n) is 6.87. The minimum atomic E-state index is -1.10. The number of hydrogen-bond acceptors (Lipinski definition) is 6. The van der Waals surface area contributed by atoms with Gasteiger partial charge in [-0.1, -0.05) is 12.1 Å². The first-order valence-corrected chi connectivity index (χ1v) is 9.18. The van der Waals surface area contributed by atoms with Crippen LogP contribution in [0, 0.1) is 15.9 Å². The molecule has 1 aliphatic rings. The maximum atomic E-state index is 13.3. The number of carbonyl (C=O) groups is 2. The number of non-ortho nitro benzene ring substituents is 1. The van der Waals surface area contributed by atoms with E-state index in [1.54, 1.807) is 12.1 Å². The fourth-order valence-electron chi connectivity index (χ4n) is 3.53. The number of benzene rings is 2. The first-order valence-electron chi connectivity index (χ1n) is 9.18. The number of Topliss-reactive ketones (excluding diaryl/α,β-unsaturated/α-hetero) is 1. The van der Waals surface area contributed by atoms with E-state index < -0.39 is 34.2 Å². The highest BCUT2D eigenvalue weighted by Gasteiger charge is 2.46. The lowest BCUT2D eigenvalue weighted by molar-refractivity contribution is -0.384. The Kier molecular flexibility index (Phi) is 5.08. The zero-order valence-corrected chi connectivity index (χ0v) is 15.9. The fourth-order valence-corrected chi connectivity index (χ4v) is 3.53. The quantitative estimate of drug-likeness (QED) is 0.219. The van der Waals surface area contributed by atoms with Crippen molar-refractivity contribution in [3.05, 3.63) is 105 Å². The van der Waals surface area contributed by atoms with Gasteiger partial charge in [-0.25, -0.2) is 4.39 Å². The average molecular weight is 422 g/mol. The summed E-state index contributed by atoms with van der Waals surface area (Å²) in [5, 5.41) is 22.1. The van der Waals surface area contributed by atoms with Gasteiger partial charge in [0.15, 0.2) is 0 Å². The number of carbonyl (C=O) groups excluding carboxylic acids is 2. The molecule has 9 heteroatoms. The Morgan fingerprint density at radius 1 is 1.13 bits per heavy atom. The molecule has 0 spiro atoms. The largest absolute Gasteiger partial charge is 0.507 e. The summed E-state index contributed by atoms with van der Waals surface area (Å²) in [5.41, 5.74) is -0.0806. The van der Waals surface area contributed by atoms with E-state index in [2.05, 4.69) is 0 Å². The van der Waals surface area contributed by atoms with Gasteiger partial charge in [0.2, 0.25) is 0 Å². The molecule has 1 amide bonds. The number of rotatable bonds is 5. The monoisotopic (exact) mass is 422 g/mol. The van der Waals surface area contributed by atoms with E-state index in [1.165, 1.54) is 47.6 Å². The van der Waals surface area contributed by atoms with Crippen LogP contribution in [0.2, 0.25) is 0 Å². The van der Waals surface area contributed by atoms with Gasteiger partial charge in [-0.3, -0.25) is 19.7 Å². The van der Waals surface area contributed by atoms with Gasteiger partial charge in [0.25, 0.3) is 17.4 Å². The molecule has 0 bridgehead atoms. The molecule has 2 aromatic carbocycles. The van der Waals surface area contributed by atoms with E-state index in [0.29, 0.717) is 5.76 Å². The molecular weight excluding hydrogens is 407 g/mol. The maximum Gasteiger partial charge on any atom is 0.296 e. The zero-order valence-electron chi connectivity index (χ0n) is 15.9. The van der Waals surface area contributed by atoms with E-state index in [9.17, 15) is 29.2 Å². The first-order chi connectivity index (χ1) is 14.9. The Labute approximate surface area is 175 Å². The van der Waals surface area contributed by atoms with E-state index in [-0.39, 0.29) is 28.9 Å². The van der Waals surface area contributed by atoms with E-state index in [1.807, 2.05) is 0 Å². The molecule has 0 saturated carbocycles. The molecule has 4 rings (SSSR count). The van der Waals surface area contributed by atoms with Crippen LogP contribution in [0.5, 0.6) is 0 Å². The second-order valence-corrected chi connectivity index (χ2v) is 6.87. The summed E-state index contributed by atoms with van der Waals surface area (Å²) in [7, 11) is 0. The SMILES string of the molecule is O=C1C(=O)N(Cc2ccco2)C(c2cccc([N+](=O)[O-])c2)/C1=C(\O)c1ccc(F)cc1. The molecule has 0 aliphatic carbocycles. The Bertz CT molecular complexity index is 1200. The molecule has 2 heterocycles. The number of aliphatic hydroxyl groups is 1. The van der Waals surface area contributed by atoms with Gasteiger partial charge in [0, 0.05) is 17.7 Å². The Morgan fingerprint density at radius 3 is 2.52 bits per heavy atom. The third-order valence-corrected chi connectivity index (χ3v) is 4.96. The Morgan fingerprint density at radius 2 is 1.87 bits per heavy atom. The van der Waals surface area contributed by atoms with Crippen molar-refractivity contribution < 1.29 is 28.4 Å². The molecule has 1 N–H and O–H groups in total. The van der Waals surface area contributed by atoms with Crippen molar-refractivity contribution in [2.45, 2.75) is 12.6 Å². The molecule has 156 valence electrons. The van der Waals surface area contributed by atoms with Crippen molar-refractivity contribution in [1.29, 1.82) is 0 Å². The summed E-state index contributed by atoms with van der Waals surface area (Å²) in [6.45, 7) is -0.0921. The lowest BCUT2D eigenvalue weighted by Gasteiger charge is -2.24. The normalized spacial score (nSPS) is 17.8. The van der Waals surface area contributed by atoms with E-state index in [0.717, 1.165) is 12.1 Å². The molecule has 8 nitrogen and oxygen atoms in total. The second kappa shape index (κ2) is 7.86. The smallest absolute Gasteiger partial charge is 0.296 e. The molecular formula is C22H15FN2O6. The van der Waals surface area contributed by atoms with Gasteiger partial charge in [-0.15, -0.1) is 0 Å². The first kappa shape index (κ1) is 20.0. The number of likely N-dealkylation sites (tertiary alicyclic amines) is 1. The number of nitro benzene ring substituents is 1. The number of nitro groups is 1. The predicted octanol–water partition coefficient (Wildman–Crippen LogP) is 3.95. The molecule has 1 aromatic heterocycles. The van der Waals surface area contributed by atoms with Crippen molar-refractivity contribution in [3.8, 4) is 0 Å². The summed E-state index contributed by atoms with van der Waals surface area (Å²) in [5.74, 6) is -2.50. The number of ketones is 1. The van der Waals surface area contributed by atoms with Crippen molar-refractivity contribution in [2.24, 2.45) is 0 Å². The Balaban J connectivity index is 1.89. The number of furan rings is 1. The number of amides is 1. The number of hydrogen-bond donors (Lipinski definition) is 1. The summed E-state index contributed by atoms with van der Waals surface area (Å²) < 4.78 is 18.6. The van der Waals surface area contributed by atoms with Crippen molar-refractivity contribution in [2.75, 3.05) is 0 Å². The van der Waals surface area contributed by atoms with E-state index in [4.69, 9.17) is 4.42 Å². The molecule has 31 heavy (non-hydrogen) atoms. The predicted molar refractivity (Wildman–Crippen MR) is 106 cm³/mol. The van der Waals surface area contributed by atoms with Gasteiger partial charge >= 0.3 is 0 Å². The van der Waals surface area contributed by atoms with Crippen LogP contribution in [0.1, 0.15) is 22.9 Å². The van der Waals surface area contributed by atoms with Crippen molar-refractivity contribution in [1.82, 2.24) is 4.90 Å². The highest BCUT2D eigenvalue weighted by atomic mass is 19.1. The summed E-state index contributed by atoms with van der Waals surface area (Å²) >= 11 is 0. The highest BCUT2D eigenvalue weighted by Crippen LogP contribution is 2.41.